The summed E-state index contributed by atoms with van der Waals surface area (Å²) in [5.41, 5.74) is 0. The molecule has 0 bridgehead atoms. The molecule has 1 atom stereocenters. The minimum Gasteiger partial charge on any atom is -0.318 e. The molecule has 0 saturated heterocycles. The molecule has 0 saturated carbocycles. The number of rotatable bonds is 8. The quantitative estimate of drug-likeness (QED) is 0.654. The summed E-state index contributed by atoms with van der Waals surface area (Å²) in [6, 6.07) is 0. The fraction of sp³-hybridized carbons (Fsp3) is 1.00. The Balaban J connectivity index is 3.63. The molecule has 0 fully saturated rings. The predicted octanol–water partition coefficient (Wildman–Crippen LogP) is 3.51. The van der Waals surface area contributed by atoms with Gasteiger partial charge >= 0.3 is 0 Å². The van der Waals surface area contributed by atoms with Gasteiger partial charge in [0.15, 0.2) is 0 Å². The Labute approximate surface area is 94.5 Å². The summed E-state index contributed by atoms with van der Waals surface area (Å²) in [5, 5.41) is 3.00. The zero-order chi connectivity index (χ0) is 11.9. The lowest BCUT2D eigenvalue weighted by Crippen LogP contribution is -2.15. The Bertz CT molecular complexity index is 187. The number of nitrogens with one attached hydrogen (secondary N) is 1. The van der Waals surface area contributed by atoms with Crippen molar-refractivity contribution in [3.8, 4) is 0 Å². The summed E-state index contributed by atoms with van der Waals surface area (Å²) in [4.78, 5) is 0. The van der Waals surface area contributed by atoms with Crippen LogP contribution < -0.4 is 5.09 Å². The monoisotopic (exact) mass is 235 g/mol. The van der Waals surface area contributed by atoms with E-state index >= 15 is 0 Å². The fourth-order valence-corrected chi connectivity index (χ4v) is 2.14. The Kier molecular flexibility index (Phi) is 7.50. The second-order valence-electron chi connectivity index (χ2n) is 4.95. The van der Waals surface area contributed by atoms with Crippen LogP contribution in [0.15, 0.2) is 0 Å². The Morgan fingerprint density at radius 1 is 1.13 bits per heavy atom. The van der Waals surface area contributed by atoms with E-state index < -0.39 is 7.52 Å². The molecule has 0 aromatic carbocycles. The third-order valence-electron chi connectivity index (χ3n) is 2.15. The van der Waals surface area contributed by atoms with E-state index in [2.05, 4.69) is 32.8 Å². The lowest BCUT2D eigenvalue weighted by atomic mass is 10.1. The van der Waals surface area contributed by atoms with Gasteiger partial charge in [-0.1, -0.05) is 27.7 Å². The molecule has 1 unspecified atom stereocenters. The average molecular weight is 235 g/mol. The number of hydrogen-bond donors (Lipinski definition) is 1. The van der Waals surface area contributed by atoms with Crippen LogP contribution in [0.2, 0.25) is 0 Å². The van der Waals surface area contributed by atoms with Crippen LogP contribution in [0, 0.1) is 11.8 Å². The van der Waals surface area contributed by atoms with Gasteiger partial charge < -0.3 is 4.52 Å². The maximum Gasteiger partial charge on any atom is 0.266 e. The summed E-state index contributed by atoms with van der Waals surface area (Å²) in [6.07, 6.45) is 2.00. The van der Waals surface area contributed by atoms with Gasteiger partial charge in [-0.25, -0.2) is 5.09 Å². The molecule has 0 aliphatic carbocycles. The van der Waals surface area contributed by atoms with Crippen molar-refractivity contribution in [1.29, 1.82) is 0 Å². The SMILES string of the molecule is CC(C)CCNP(C)(=O)OCCC(C)C. The van der Waals surface area contributed by atoms with Gasteiger partial charge in [-0.15, -0.1) is 0 Å². The van der Waals surface area contributed by atoms with Gasteiger partial charge in [-0.2, -0.15) is 0 Å². The van der Waals surface area contributed by atoms with Crippen LogP contribution in [0.4, 0.5) is 0 Å². The maximum atomic E-state index is 11.8. The maximum absolute atomic E-state index is 11.8. The first kappa shape index (κ1) is 15.2. The highest BCUT2D eigenvalue weighted by Gasteiger charge is 2.14. The highest BCUT2D eigenvalue weighted by molar-refractivity contribution is 7.56. The van der Waals surface area contributed by atoms with Crippen molar-refractivity contribution in [2.45, 2.75) is 40.5 Å². The summed E-state index contributed by atoms with van der Waals surface area (Å²) < 4.78 is 17.2. The largest absolute Gasteiger partial charge is 0.318 e. The minimum atomic E-state index is -2.55. The van der Waals surface area contributed by atoms with E-state index in [9.17, 15) is 4.57 Å². The normalized spacial score (nSPS) is 15.9. The van der Waals surface area contributed by atoms with Gasteiger partial charge in [0.1, 0.15) is 0 Å². The third-order valence-corrected chi connectivity index (χ3v) is 3.63. The lowest BCUT2D eigenvalue weighted by molar-refractivity contribution is 0.284. The molecule has 1 N–H and O–H groups in total. The molecule has 15 heavy (non-hydrogen) atoms. The zero-order valence-electron chi connectivity index (χ0n) is 10.7. The Morgan fingerprint density at radius 3 is 2.13 bits per heavy atom. The second kappa shape index (κ2) is 7.43. The molecule has 0 heterocycles. The summed E-state index contributed by atoms with van der Waals surface area (Å²) in [5.74, 6) is 1.23. The van der Waals surface area contributed by atoms with Crippen LogP contribution in [0.3, 0.4) is 0 Å². The van der Waals surface area contributed by atoms with Gasteiger partial charge in [0.25, 0.3) is 7.52 Å². The van der Waals surface area contributed by atoms with E-state index in [1.165, 1.54) is 0 Å². The van der Waals surface area contributed by atoms with Crippen LogP contribution in [0.5, 0.6) is 0 Å². The molecule has 0 rings (SSSR count). The van der Waals surface area contributed by atoms with E-state index in [1.807, 2.05) is 0 Å². The van der Waals surface area contributed by atoms with Crippen molar-refractivity contribution in [2.24, 2.45) is 11.8 Å². The van der Waals surface area contributed by atoms with Gasteiger partial charge in [-0.05, 0) is 24.7 Å². The van der Waals surface area contributed by atoms with Gasteiger partial charge in [-0.3, -0.25) is 4.57 Å². The molecule has 0 spiro atoms. The van der Waals surface area contributed by atoms with Gasteiger partial charge in [0.05, 0.1) is 6.61 Å². The van der Waals surface area contributed by atoms with Crippen molar-refractivity contribution < 1.29 is 9.09 Å². The Morgan fingerprint density at radius 2 is 1.67 bits per heavy atom. The summed E-state index contributed by atoms with van der Waals surface area (Å²) >= 11 is 0. The van der Waals surface area contributed by atoms with Gasteiger partial charge in [0.2, 0.25) is 0 Å². The second-order valence-corrected chi connectivity index (χ2v) is 7.22. The van der Waals surface area contributed by atoms with Crippen LogP contribution in [0.25, 0.3) is 0 Å². The molecule has 0 aliphatic heterocycles. The van der Waals surface area contributed by atoms with Crippen molar-refractivity contribution in [2.75, 3.05) is 19.8 Å². The Hall–Kier alpha value is 0.150. The summed E-state index contributed by atoms with van der Waals surface area (Å²) in [6.45, 7) is 11.6. The van der Waals surface area contributed by atoms with Crippen LogP contribution >= 0.6 is 7.52 Å². The van der Waals surface area contributed by atoms with Crippen molar-refractivity contribution in [3.05, 3.63) is 0 Å². The van der Waals surface area contributed by atoms with Crippen molar-refractivity contribution in [3.63, 3.8) is 0 Å². The molecule has 4 heteroatoms. The van der Waals surface area contributed by atoms with E-state index in [4.69, 9.17) is 4.52 Å². The molecule has 0 aromatic rings. The highest BCUT2D eigenvalue weighted by Crippen LogP contribution is 2.37. The van der Waals surface area contributed by atoms with E-state index in [0.29, 0.717) is 18.4 Å². The topological polar surface area (TPSA) is 38.3 Å². The molecule has 92 valence electrons. The van der Waals surface area contributed by atoms with E-state index in [-0.39, 0.29) is 0 Å². The lowest BCUT2D eigenvalue weighted by Gasteiger charge is -2.16. The molecule has 0 aliphatic rings. The molecule has 0 amide bonds. The smallest absolute Gasteiger partial charge is 0.266 e. The van der Waals surface area contributed by atoms with Gasteiger partial charge in [0, 0.05) is 13.2 Å². The first-order valence-corrected chi connectivity index (χ1v) is 7.88. The zero-order valence-corrected chi connectivity index (χ0v) is 11.6. The minimum absolute atomic E-state index is 0.583. The standard InChI is InChI=1S/C11H26NO2P/c1-10(2)6-8-12-15(5,13)14-9-7-11(3)4/h10-11H,6-9H2,1-5H3,(H,12,13). The average Bonchev–Trinajstić information content (AvgIpc) is 2.01. The van der Waals surface area contributed by atoms with Crippen molar-refractivity contribution >= 4 is 7.52 Å². The molecule has 0 radical (unpaired) electrons. The molecule has 3 nitrogen and oxygen atoms in total. The van der Waals surface area contributed by atoms with Crippen LogP contribution in [-0.4, -0.2) is 19.8 Å². The first-order chi connectivity index (χ1) is 6.83. The fourth-order valence-electron chi connectivity index (χ4n) is 1.06. The first-order valence-electron chi connectivity index (χ1n) is 5.80. The van der Waals surface area contributed by atoms with Crippen LogP contribution in [0.1, 0.15) is 40.5 Å². The number of hydrogen-bond acceptors (Lipinski definition) is 2. The van der Waals surface area contributed by atoms with Crippen LogP contribution in [-0.2, 0) is 9.09 Å². The van der Waals surface area contributed by atoms with E-state index in [0.717, 1.165) is 19.4 Å². The molecular formula is C11H26NO2P. The molecule has 0 aromatic heterocycles. The van der Waals surface area contributed by atoms with E-state index in [1.54, 1.807) is 6.66 Å². The predicted molar refractivity (Wildman–Crippen MR) is 66.4 cm³/mol. The van der Waals surface area contributed by atoms with Crippen molar-refractivity contribution in [1.82, 2.24) is 5.09 Å². The highest BCUT2D eigenvalue weighted by atomic mass is 31.2. The molecular weight excluding hydrogens is 209 g/mol. The summed E-state index contributed by atoms with van der Waals surface area (Å²) in [7, 11) is -2.55. The third kappa shape index (κ3) is 10.4.